The fourth-order valence-corrected chi connectivity index (χ4v) is 3.01. The van der Waals surface area contributed by atoms with Crippen LogP contribution in [-0.4, -0.2) is 14.9 Å². The van der Waals surface area contributed by atoms with Gasteiger partial charge in [0.1, 0.15) is 0 Å². The first-order valence-corrected chi connectivity index (χ1v) is 8.67. The molecule has 138 valence electrons. The van der Waals surface area contributed by atoms with Gasteiger partial charge in [0.15, 0.2) is 17.4 Å². The van der Waals surface area contributed by atoms with Crippen LogP contribution in [0.25, 0.3) is 0 Å². The highest BCUT2D eigenvalue weighted by Gasteiger charge is 2.14. The maximum absolute atomic E-state index is 13.3. The lowest BCUT2D eigenvalue weighted by atomic mass is 10.1. The molecule has 0 amide bonds. The van der Waals surface area contributed by atoms with Crippen LogP contribution in [0.5, 0.6) is 0 Å². The Labute approximate surface area is 160 Å². The van der Waals surface area contributed by atoms with Crippen molar-refractivity contribution >= 4 is 21.7 Å². The molecule has 0 aliphatic heterocycles. The molecule has 0 radical (unpaired) electrons. The summed E-state index contributed by atoms with van der Waals surface area (Å²) in [6, 6.07) is 11.1. The number of ketones is 1. The van der Waals surface area contributed by atoms with Gasteiger partial charge in [0.05, 0.1) is 13.1 Å². The highest BCUT2D eigenvalue weighted by atomic mass is 79.9. The number of nitrogens with zero attached hydrogens (tertiary/aromatic N) is 2. The zero-order valence-electron chi connectivity index (χ0n) is 13.9. The fourth-order valence-electron chi connectivity index (χ4n) is 2.56. The van der Waals surface area contributed by atoms with Gasteiger partial charge in [-0.25, -0.2) is 13.6 Å². The van der Waals surface area contributed by atoms with Crippen molar-refractivity contribution in [1.29, 1.82) is 0 Å². The quantitative estimate of drug-likeness (QED) is 0.580. The van der Waals surface area contributed by atoms with Gasteiger partial charge in [-0.1, -0.05) is 28.1 Å². The second-order valence-electron chi connectivity index (χ2n) is 5.83. The Balaban J connectivity index is 1.91. The third kappa shape index (κ3) is 4.28. The van der Waals surface area contributed by atoms with Crippen molar-refractivity contribution in [1.82, 2.24) is 9.13 Å². The van der Waals surface area contributed by atoms with Gasteiger partial charge in [0.2, 0.25) is 0 Å². The molecule has 0 atom stereocenters. The van der Waals surface area contributed by atoms with Crippen LogP contribution in [0.3, 0.4) is 0 Å². The molecule has 0 saturated heterocycles. The summed E-state index contributed by atoms with van der Waals surface area (Å²) in [5.41, 5.74) is -0.619. The fraction of sp³-hybridized carbons (Fsp3) is 0.105. The molecule has 0 bridgehead atoms. The number of hydrogen-bond acceptors (Lipinski definition) is 3. The summed E-state index contributed by atoms with van der Waals surface area (Å²) in [5.74, 6) is -2.93. The van der Waals surface area contributed by atoms with Crippen LogP contribution in [0, 0.1) is 11.6 Å². The highest BCUT2D eigenvalue weighted by Crippen LogP contribution is 2.12. The molecule has 3 rings (SSSR count). The van der Waals surface area contributed by atoms with Gasteiger partial charge < -0.3 is 0 Å². The minimum Gasteiger partial charge on any atom is -0.296 e. The molecule has 0 fully saturated rings. The smallest absolute Gasteiger partial charge is 0.296 e. The molecule has 5 nitrogen and oxygen atoms in total. The van der Waals surface area contributed by atoms with Crippen molar-refractivity contribution in [2.24, 2.45) is 0 Å². The number of halogens is 3. The molecule has 0 spiro atoms. The van der Waals surface area contributed by atoms with Crippen LogP contribution in [-0.2, 0) is 13.1 Å². The average molecular weight is 435 g/mol. The normalized spacial score (nSPS) is 10.8. The molecular weight excluding hydrogens is 422 g/mol. The Kier molecular flexibility index (Phi) is 5.46. The van der Waals surface area contributed by atoms with E-state index in [2.05, 4.69) is 15.9 Å². The van der Waals surface area contributed by atoms with E-state index in [0.29, 0.717) is 0 Å². The minimum atomic E-state index is -1.17. The summed E-state index contributed by atoms with van der Waals surface area (Å²) in [7, 11) is 0. The van der Waals surface area contributed by atoms with Crippen LogP contribution < -0.4 is 11.2 Å². The molecule has 27 heavy (non-hydrogen) atoms. The van der Waals surface area contributed by atoms with Crippen LogP contribution in [0.2, 0.25) is 0 Å². The first-order valence-electron chi connectivity index (χ1n) is 7.88. The summed E-state index contributed by atoms with van der Waals surface area (Å²) < 4.78 is 29.2. The standard InChI is InChI=1S/C19H13BrF2N2O3/c20-14-3-1-2-12(8-14)10-23-7-6-18(26)24(19(23)27)11-17(25)13-4-5-15(21)16(22)9-13/h1-9H,10-11H2. The lowest BCUT2D eigenvalue weighted by Crippen LogP contribution is -2.40. The molecule has 0 saturated carbocycles. The van der Waals surface area contributed by atoms with E-state index < -0.39 is 35.2 Å². The van der Waals surface area contributed by atoms with Crippen molar-refractivity contribution in [2.75, 3.05) is 0 Å². The van der Waals surface area contributed by atoms with E-state index in [1.165, 1.54) is 16.8 Å². The number of aromatic nitrogens is 2. The van der Waals surface area contributed by atoms with E-state index in [0.717, 1.165) is 32.8 Å². The Morgan fingerprint density at radius 3 is 2.48 bits per heavy atom. The molecule has 3 aromatic rings. The van der Waals surface area contributed by atoms with E-state index in [1.54, 1.807) is 0 Å². The number of benzene rings is 2. The van der Waals surface area contributed by atoms with Gasteiger partial charge in [-0.05, 0) is 35.9 Å². The maximum Gasteiger partial charge on any atom is 0.331 e. The van der Waals surface area contributed by atoms with Crippen molar-refractivity contribution < 1.29 is 13.6 Å². The summed E-state index contributed by atoms with van der Waals surface area (Å²) in [5, 5.41) is 0. The van der Waals surface area contributed by atoms with Gasteiger partial charge in [0, 0.05) is 22.3 Å². The summed E-state index contributed by atoms with van der Waals surface area (Å²) in [6.45, 7) is -0.361. The molecular formula is C19H13BrF2N2O3. The molecule has 8 heteroatoms. The van der Waals surface area contributed by atoms with Crippen LogP contribution in [0.1, 0.15) is 15.9 Å². The van der Waals surface area contributed by atoms with E-state index in [9.17, 15) is 23.2 Å². The average Bonchev–Trinajstić information content (AvgIpc) is 2.63. The van der Waals surface area contributed by atoms with Gasteiger partial charge in [0.25, 0.3) is 5.56 Å². The number of carbonyl (C=O) groups excluding carboxylic acids is 1. The SMILES string of the molecule is O=C(Cn1c(=O)ccn(Cc2cccc(Br)c2)c1=O)c1ccc(F)c(F)c1. The van der Waals surface area contributed by atoms with Gasteiger partial charge in [-0.2, -0.15) is 0 Å². The predicted molar refractivity (Wildman–Crippen MR) is 98.9 cm³/mol. The zero-order valence-corrected chi connectivity index (χ0v) is 15.4. The predicted octanol–water partition coefficient (Wildman–Crippen LogP) is 2.98. The number of hydrogen-bond donors (Lipinski definition) is 0. The van der Waals surface area contributed by atoms with Crippen molar-refractivity contribution in [3.63, 3.8) is 0 Å². The van der Waals surface area contributed by atoms with E-state index >= 15 is 0 Å². The number of Topliss-reactive ketones (excluding diaryl/α,β-unsaturated/α-hetero) is 1. The highest BCUT2D eigenvalue weighted by molar-refractivity contribution is 9.10. The second-order valence-corrected chi connectivity index (χ2v) is 6.75. The zero-order chi connectivity index (χ0) is 19.6. The molecule has 0 N–H and O–H groups in total. The molecule has 2 aromatic carbocycles. The first kappa shape index (κ1) is 18.9. The molecule has 0 unspecified atom stereocenters. The summed E-state index contributed by atoms with van der Waals surface area (Å²) >= 11 is 3.35. The monoisotopic (exact) mass is 434 g/mol. The van der Waals surface area contributed by atoms with Crippen LogP contribution >= 0.6 is 15.9 Å². The Bertz CT molecular complexity index is 1140. The number of rotatable bonds is 5. The largest absolute Gasteiger partial charge is 0.331 e. The first-order chi connectivity index (χ1) is 12.8. The van der Waals surface area contributed by atoms with Gasteiger partial charge >= 0.3 is 5.69 Å². The Morgan fingerprint density at radius 1 is 1.00 bits per heavy atom. The van der Waals surface area contributed by atoms with Gasteiger partial charge in [-0.3, -0.25) is 18.7 Å². The number of carbonyl (C=O) groups is 1. The Hall–Kier alpha value is -2.87. The van der Waals surface area contributed by atoms with E-state index in [1.807, 2.05) is 24.3 Å². The Morgan fingerprint density at radius 2 is 1.78 bits per heavy atom. The lowest BCUT2D eigenvalue weighted by Gasteiger charge is -2.10. The van der Waals surface area contributed by atoms with E-state index in [-0.39, 0.29) is 12.1 Å². The molecule has 0 aliphatic rings. The van der Waals surface area contributed by atoms with E-state index in [4.69, 9.17) is 0 Å². The second kappa shape index (κ2) is 7.79. The van der Waals surface area contributed by atoms with Crippen molar-refractivity contribution in [3.05, 3.63) is 103 Å². The lowest BCUT2D eigenvalue weighted by molar-refractivity contribution is 0.0968. The van der Waals surface area contributed by atoms with Crippen LogP contribution in [0.4, 0.5) is 8.78 Å². The van der Waals surface area contributed by atoms with Gasteiger partial charge in [-0.15, -0.1) is 0 Å². The molecule has 0 aliphatic carbocycles. The molecule has 1 aromatic heterocycles. The third-order valence-electron chi connectivity index (χ3n) is 3.92. The van der Waals surface area contributed by atoms with Crippen LogP contribution in [0.15, 0.2) is 68.8 Å². The topological polar surface area (TPSA) is 61.1 Å². The molecule has 1 heterocycles. The minimum absolute atomic E-state index is 0.123. The summed E-state index contributed by atoms with van der Waals surface area (Å²) in [4.78, 5) is 36.9. The third-order valence-corrected chi connectivity index (χ3v) is 4.42. The summed E-state index contributed by atoms with van der Waals surface area (Å²) in [6.07, 6.45) is 1.35. The maximum atomic E-state index is 13.3. The van der Waals surface area contributed by atoms with Crippen molar-refractivity contribution in [2.45, 2.75) is 13.1 Å². The van der Waals surface area contributed by atoms with Crippen molar-refractivity contribution in [3.8, 4) is 0 Å².